The number of anilines is 2. The molecule has 1 aromatic carbocycles. The number of alkyl halides is 3. The molecule has 3 aromatic rings. The maximum absolute atomic E-state index is 13.7. The van der Waals surface area contributed by atoms with E-state index in [-0.39, 0.29) is 29.4 Å². The van der Waals surface area contributed by atoms with E-state index in [2.05, 4.69) is 15.7 Å². The van der Waals surface area contributed by atoms with E-state index in [1.807, 2.05) is 0 Å². The summed E-state index contributed by atoms with van der Waals surface area (Å²) in [6.07, 6.45) is -4.74. The second-order valence-corrected chi connectivity index (χ2v) is 7.82. The molecule has 0 radical (unpaired) electrons. The average Bonchev–Trinajstić information content (AvgIpc) is 3.32. The van der Waals surface area contributed by atoms with Crippen molar-refractivity contribution in [1.82, 2.24) is 9.78 Å². The number of aromatic nitrogens is 2. The molecule has 1 amide bonds. The molecule has 0 aliphatic carbocycles. The van der Waals surface area contributed by atoms with Crippen molar-refractivity contribution in [3.63, 3.8) is 0 Å². The Morgan fingerprint density at radius 2 is 2.14 bits per heavy atom. The van der Waals surface area contributed by atoms with Crippen molar-refractivity contribution in [1.29, 1.82) is 0 Å². The first-order chi connectivity index (χ1) is 13.7. The van der Waals surface area contributed by atoms with Crippen molar-refractivity contribution >= 4 is 28.7 Å². The first kappa shape index (κ1) is 19.3. The summed E-state index contributed by atoms with van der Waals surface area (Å²) in [6, 6.07) is 7.13. The molecular formula is C19H17F3N4O2S. The summed E-state index contributed by atoms with van der Waals surface area (Å²) in [7, 11) is 0. The van der Waals surface area contributed by atoms with Crippen LogP contribution in [0, 0.1) is 6.92 Å². The zero-order valence-electron chi connectivity index (χ0n) is 15.2. The van der Waals surface area contributed by atoms with Crippen LogP contribution in [-0.4, -0.2) is 27.0 Å². The van der Waals surface area contributed by atoms with Gasteiger partial charge in [-0.1, -0.05) is 12.1 Å². The van der Waals surface area contributed by atoms with Crippen LogP contribution in [0.3, 0.4) is 0 Å². The molecule has 2 aromatic heterocycles. The third-order valence-electron chi connectivity index (χ3n) is 4.71. The lowest BCUT2D eigenvalue weighted by Gasteiger charge is -2.32. The lowest BCUT2D eigenvalue weighted by molar-refractivity contribution is -0.173. The van der Waals surface area contributed by atoms with Crippen LogP contribution >= 0.6 is 11.3 Å². The van der Waals surface area contributed by atoms with Crippen molar-refractivity contribution in [3.8, 4) is 5.75 Å². The summed E-state index contributed by atoms with van der Waals surface area (Å²) in [4.78, 5) is 13.3. The number of aryl methyl sites for hydroxylation is 1. The van der Waals surface area contributed by atoms with Crippen molar-refractivity contribution in [2.75, 3.05) is 10.6 Å². The minimum atomic E-state index is -4.51. The van der Waals surface area contributed by atoms with Gasteiger partial charge >= 0.3 is 6.18 Å². The highest BCUT2D eigenvalue weighted by molar-refractivity contribution is 7.10. The van der Waals surface area contributed by atoms with E-state index in [0.717, 1.165) is 15.1 Å². The molecule has 0 saturated heterocycles. The normalized spacial score (nSPS) is 18.8. The third kappa shape index (κ3) is 3.80. The summed E-state index contributed by atoms with van der Waals surface area (Å²) >= 11 is 1.37. The summed E-state index contributed by atoms with van der Waals surface area (Å²) in [5, 5.41) is 21.1. The lowest BCUT2D eigenvalue weighted by atomic mass is 10.0. The van der Waals surface area contributed by atoms with Gasteiger partial charge in [-0.2, -0.15) is 18.3 Å². The predicted octanol–water partition coefficient (Wildman–Crippen LogP) is 4.87. The fraction of sp³-hybridized carbons (Fsp3) is 0.263. The number of nitrogens with one attached hydrogen (secondary N) is 2. The number of hydrogen-bond donors (Lipinski definition) is 3. The van der Waals surface area contributed by atoms with Crippen LogP contribution in [0.2, 0.25) is 0 Å². The number of thiophene rings is 1. The van der Waals surface area contributed by atoms with E-state index < -0.39 is 24.2 Å². The monoisotopic (exact) mass is 422 g/mol. The second kappa shape index (κ2) is 7.11. The van der Waals surface area contributed by atoms with Crippen LogP contribution in [0.1, 0.15) is 39.4 Å². The van der Waals surface area contributed by atoms with Gasteiger partial charge in [-0.05, 0) is 36.1 Å². The number of carbonyl (C=O) groups excluding carboxylic acids is 1. The largest absolute Gasteiger partial charge is 0.506 e. The Morgan fingerprint density at radius 3 is 2.83 bits per heavy atom. The fourth-order valence-corrected chi connectivity index (χ4v) is 4.09. The van der Waals surface area contributed by atoms with Gasteiger partial charge in [-0.3, -0.25) is 4.79 Å². The fourth-order valence-electron chi connectivity index (χ4n) is 3.30. The van der Waals surface area contributed by atoms with Crippen LogP contribution in [0.5, 0.6) is 5.75 Å². The summed E-state index contributed by atoms with van der Waals surface area (Å²) in [5.74, 6) is -0.726. The highest BCUT2D eigenvalue weighted by Crippen LogP contribution is 2.44. The second-order valence-electron chi connectivity index (χ2n) is 6.84. The van der Waals surface area contributed by atoms with E-state index >= 15 is 0 Å². The molecular weight excluding hydrogens is 405 g/mol. The lowest BCUT2D eigenvalue weighted by Crippen LogP contribution is -2.35. The molecule has 4 rings (SSSR count). The van der Waals surface area contributed by atoms with E-state index in [1.54, 1.807) is 36.6 Å². The van der Waals surface area contributed by atoms with Crippen molar-refractivity contribution in [3.05, 3.63) is 57.9 Å². The molecule has 29 heavy (non-hydrogen) atoms. The van der Waals surface area contributed by atoms with E-state index in [4.69, 9.17) is 0 Å². The van der Waals surface area contributed by atoms with Crippen molar-refractivity contribution in [2.24, 2.45) is 0 Å². The van der Waals surface area contributed by atoms with Gasteiger partial charge in [0.05, 0.1) is 11.7 Å². The molecule has 0 saturated carbocycles. The molecule has 0 unspecified atom stereocenters. The first-order valence-corrected chi connectivity index (χ1v) is 9.67. The zero-order valence-corrected chi connectivity index (χ0v) is 16.0. The summed E-state index contributed by atoms with van der Waals surface area (Å²) in [6.45, 7) is 1.78. The van der Waals surface area contributed by atoms with Crippen LogP contribution in [0.4, 0.5) is 24.7 Å². The Hall–Kier alpha value is -3.01. The molecule has 6 nitrogen and oxygen atoms in total. The number of phenols is 1. The van der Waals surface area contributed by atoms with E-state index in [0.29, 0.717) is 0 Å². The Morgan fingerprint density at radius 1 is 1.34 bits per heavy atom. The number of carbonyl (C=O) groups is 1. The molecule has 0 fully saturated rings. The topological polar surface area (TPSA) is 79.2 Å². The standard InChI is InChI=1S/C19H17F3N4O2S/c1-10-4-5-14(27)11(7-10)24-18(28)13-9-17-23-12(15-3-2-6-29-15)8-16(19(20,21)22)26(17)25-13/h2-7,9,12,16,23,27H,8H2,1H3,(H,24,28)/t12-,16+/m1/s1. The van der Waals surface area contributed by atoms with Crippen molar-refractivity contribution in [2.45, 2.75) is 31.6 Å². The minimum Gasteiger partial charge on any atom is -0.506 e. The van der Waals surface area contributed by atoms with Gasteiger partial charge in [0.2, 0.25) is 0 Å². The summed E-state index contributed by atoms with van der Waals surface area (Å²) in [5.41, 5.74) is 0.798. The minimum absolute atomic E-state index is 0.121. The van der Waals surface area contributed by atoms with Gasteiger partial charge in [-0.25, -0.2) is 4.68 Å². The number of fused-ring (bicyclic) bond motifs is 1. The van der Waals surface area contributed by atoms with Crippen molar-refractivity contribution < 1.29 is 23.1 Å². The molecule has 0 spiro atoms. The molecule has 3 heterocycles. The molecule has 1 aliphatic heterocycles. The van der Waals surface area contributed by atoms with Gasteiger partial charge in [0.25, 0.3) is 5.91 Å². The Kier molecular flexibility index (Phi) is 4.73. The molecule has 10 heteroatoms. The highest BCUT2D eigenvalue weighted by Gasteiger charge is 2.47. The predicted molar refractivity (Wildman–Crippen MR) is 103 cm³/mol. The number of rotatable bonds is 3. The molecule has 1 aliphatic rings. The smallest absolute Gasteiger partial charge is 0.410 e. The first-order valence-electron chi connectivity index (χ1n) is 8.79. The molecule has 152 valence electrons. The Labute approximate surface area is 168 Å². The number of benzene rings is 1. The Bertz CT molecular complexity index is 1050. The SMILES string of the molecule is Cc1ccc(O)c(NC(=O)c2cc3n(n2)[C@H](C(F)(F)F)C[C@H](c2cccs2)N3)c1. The van der Waals surface area contributed by atoms with Gasteiger partial charge in [0, 0.05) is 17.4 Å². The quantitative estimate of drug-likeness (QED) is 0.526. The number of nitrogens with zero attached hydrogens (tertiary/aromatic N) is 2. The van der Waals surface area contributed by atoms with Gasteiger partial charge < -0.3 is 15.7 Å². The molecule has 3 N–H and O–H groups in total. The number of halogens is 3. The summed E-state index contributed by atoms with van der Waals surface area (Å²) < 4.78 is 41.8. The van der Waals surface area contributed by atoms with Crippen LogP contribution in [0.25, 0.3) is 0 Å². The molecule has 2 atom stereocenters. The van der Waals surface area contributed by atoms with Gasteiger partial charge in [0.15, 0.2) is 11.7 Å². The van der Waals surface area contributed by atoms with Crippen LogP contribution in [-0.2, 0) is 0 Å². The average molecular weight is 422 g/mol. The zero-order chi connectivity index (χ0) is 20.8. The van der Waals surface area contributed by atoms with E-state index in [9.17, 15) is 23.1 Å². The number of amides is 1. The van der Waals surface area contributed by atoms with Crippen LogP contribution < -0.4 is 10.6 Å². The number of hydrogen-bond acceptors (Lipinski definition) is 5. The van der Waals surface area contributed by atoms with E-state index in [1.165, 1.54) is 23.5 Å². The highest BCUT2D eigenvalue weighted by atomic mass is 32.1. The van der Waals surface area contributed by atoms with Gasteiger partial charge in [-0.15, -0.1) is 11.3 Å². The van der Waals surface area contributed by atoms with Gasteiger partial charge in [0.1, 0.15) is 11.6 Å². The maximum atomic E-state index is 13.7. The van der Waals surface area contributed by atoms with Crippen LogP contribution in [0.15, 0.2) is 41.8 Å². The maximum Gasteiger partial charge on any atom is 0.410 e. The third-order valence-corrected chi connectivity index (χ3v) is 5.70. The number of aromatic hydroxyl groups is 1. The molecule has 0 bridgehead atoms. The Balaban J connectivity index is 1.65. The number of phenolic OH excluding ortho intramolecular Hbond substituents is 1.